The Kier molecular flexibility index (Phi) is 6.13. The topological polar surface area (TPSA) is 24.1 Å². The van der Waals surface area contributed by atoms with Crippen molar-refractivity contribution in [3.8, 4) is 0 Å². The molecule has 0 heterocycles. The fraction of sp³-hybridized carbons (Fsp3) is 1.00. The lowest BCUT2D eigenvalue weighted by atomic mass is 9.78. The van der Waals surface area contributed by atoms with Gasteiger partial charge in [-0.1, -0.05) is 40.5 Å². The van der Waals surface area contributed by atoms with Crippen LogP contribution in [-0.2, 0) is 0 Å². The summed E-state index contributed by atoms with van der Waals surface area (Å²) < 4.78 is 0. The van der Waals surface area contributed by atoms with Crippen molar-refractivity contribution in [2.75, 3.05) is 0 Å². The van der Waals surface area contributed by atoms with Gasteiger partial charge in [0.1, 0.15) is 0 Å². The summed E-state index contributed by atoms with van der Waals surface area (Å²) in [7, 11) is 0. The quantitative estimate of drug-likeness (QED) is 0.755. The lowest BCUT2D eigenvalue weighted by Gasteiger charge is -2.37. The first-order valence-corrected chi connectivity index (χ1v) is 7.82. The summed E-state index contributed by atoms with van der Waals surface area (Å²) in [5, 5.41) is 7.42. The molecule has 0 amide bonds. The van der Waals surface area contributed by atoms with E-state index in [1.165, 1.54) is 32.1 Å². The molecule has 0 aromatic heterocycles. The monoisotopic (exact) mass is 254 g/mol. The van der Waals surface area contributed by atoms with Gasteiger partial charge in [0.05, 0.1) is 0 Å². The number of hydrogen-bond acceptors (Lipinski definition) is 2. The largest absolute Gasteiger partial charge is 0.312 e. The fourth-order valence-corrected chi connectivity index (χ4v) is 3.66. The van der Waals surface area contributed by atoms with Gasteiger partial charge in [-0.3, -0.25) is 0 Å². The minimum atomic E-state index is 0.276. The molecule has 1 aliphatic carbocycles. The second-order valence-corrected chi connectivity index (χ2v) is 7.44. The van der Waals surface area contributed by atoms with E-state index in [2.05, 4.69) is 52.2 Å². The number of nitrogens with one attached hydrogen (secondary N) is 2. The van der Waals surface area contributed by atoms with Crippen LogP contribution in [0.5, 0.6) is 0 Å². The van der Waals surface area contributed by atoms with Crippen LogP contribution in [0.3, 0.4) is 0 Å². The van der Waals surface area contributed by atoms with Gasteiger partial charge >= 0.3 is 0 Å². The molecular weight excluding hydrogens is 220 g/mol. The molecular formula is C16H34N2. The summed E-state index contributed by atoms with van der Waals surface area (Å²) in [6.07, 6.45) is 6.85. The van der Waals surface area contributed by atoms with Crippen molar-refractivity contribution in [1.29, 1.82) is 0 Å². The smallest absolute Gasteiger partial charge is 0.0130 e. The van der Waals surface area contributed by atoms with Crippen LogP contribution in [0.25, 0.3) is 0 Å². The van der Waals surface area contributed by atoms with Crippen molar-refractivity contribution in [3.05, 3.63) is 0 Å². The van der Waals surface area contributed by atoms with Gasteiger partial charge in [-0.25, -0.2) is 0 Å². The molecule has 0 bridgehead atoms. The van der Waals surface area contributed by atoms with E-state index in [0.717, 1.165) is 12.0 Å². The molecule has 1 rings (SSSR count). The zero-order chi connectivity index (χ0) is 13.8. The zero-order valence-corrected chi connectivity index (χ0v) is 13.3. The van der Waals surface area contributed by atoms with Crippen LogP contribution < -0.4 is 10.6 Å². The molecule has 1 fully saturated rings. The molecule has 0 aromatic rings. The molecule has 2 nitrogen and oxygen atoms in total. The minimum Gasteiger partial charge on any atom is -0.312 e. The first kappa shape index (κ1) is 16.0. The van der Waals surface area contributed by atoms with Crippen LogP contribution in [0.15, 0.2) is 0 Å². The Morgan fingerprint density at radius 3 is 2.28 bits per heavy atom. The third-order valence-electron chi connectivity index (χ3n) is 3.83. The molecule has 18 heavy (non-hydrogen) atoms. The predicted octanol–water partition coefficient (Wildman–Crippen LogP) is 3.71. The van der Waals surface area contributed by atoms with Crippen molar-refractivity contribution < 1.29 is 0 Å². The first-order valence-electron chi connectivity index (χ1n) is 7.82. The van der Waals surface area contributed by atoms with Gasteiger partial charge in [0.2, 0.25) is 0 Å². The van der Waals surface area contributed by atoms with Crippen molar-refractivity contribution in [2.45, 2.75) is 97.3 Å². The zero-order valence-electron chi connectivity index (χ0n) is 13.3. The maximum Gasteiger partial charge on any atom is 0.0130 e. The second-order valence-electron chi connectivity index (χ2n) is 7.44. The van der Waals surface area contributed by atoms with E-state index >= 15 is 0 Å². The molecule has 0 aliphatic heterocycles. The van der Waals surface area contributed by atoms with Gasteiger partial charge in [-0.15, -0.1) is 0 Å². The Labute approximate surface area is 114 Å². The summed E-state index contributed by atoms with van der Waals surface area (Å²) in [4.78, 5) is 0. The van der Waals surface area contributed by atoms with E-state index in [1.54, 1.807) is 0 Å². The molecule has 0 radical (unpaired) electrons. The molecule has 2 atom stereocenters. The minimum absolute atomic E-state index is 0.276. The second kappa shape index (κ2) is 6.91. The maximum atomic E-state index is 3.72. The van der Waals surface area contributed by atoms with E-state index in [0.29, 0.717) is 12.1 Å². The van der Waals surface area contributed by atoms with Crippen LogP contribution in [-0.4, -0.2) is 23.7 Å². The lowest BCUT2D eigenvalue weighted by molar-refractivity contribution is 0.206. The van der Waals surface area contributed by atoms with Gasteiger partial charge in [-0.05, 0) is 39.0 Å². The summed E-state index contributed by atoms with van der Waals surface area (Å²) >= 11 is 0. The molecule has 108 valence electrons. The normalized spacial score (nSPS) is 26.0. The summed E-state index contributed by atoms with van der Waals surface area (Å²) in [5.74, 6) is 0.885. The average Bonchev–Trinajstić information content (AvgIpc) is 2.13. The molecule has 1 aliphatic rings. The molecule has 2 unspecified atom stereocenters. The van der Waals surface area contributed by atoms with Crippen LogP contribution in [0.2, 0.25) is 0 Å². The van der Waals surface area contributed by atoms with Crippen LogP contribution in [0.4, 0.5) is 0 Å². The van der Waals surface area contributed by atoms with E-state index in [4.69, 9.17) is 0 Å². The van der Waals surface area contributed by atoms with Gasteiger partial charge in [0, 0.05) is 23.7 Å². The summed E-state index contributed by atoms with van der Waals surface area (Å²) in [6, 6.07) is 1.95. The van der Waals surface area contributed by atoms with Gasteiger partial charge in [-0.2, -0.15) is 0 Å². The highest BCUT2D eigenvalue weighted by molar-refractivity contribution is 4.87. The third kappa shape index (κ3) is 6.19. The van der Waals surface area contributed by atoms with Crippen molar-refractivity contribution in [3.63, 3.8) is 0 Å². The van der Waals surface area contributed by atoms with Crippen molar-refractivity contribution in [1.82, 2.24) is 10.6 Å². The first-order chi connectivity index (χ1) is 8.28. The standard InChI is InChI=1S/C16H34N2/c1-12(2)17-15-9-7-8-14(10-15)11-16(5,6)18-13(3)4/h12-15,17-18H,7-11H2,1-6H3. The van der Waals surface area contributed by atoms with Gasteiger partial charge < -0.3 is 10.6 Å². The highest BCUT2D eigenvalue weighted by Gasteiger charge is 2.28. The average molecular weight is 254 g/mol. The summed E-state index contributed by atoms with van der Waals surface area (Å²) in [6.45, 7) is 13.7. The molecule has 0 aromatic carbocycles. The lowest BCUT2D eigenvalue weighted by Crippen LogP contribution is -2.46. The number of hydrogen-bond donors (Lipinski definition) is 2. The molecule has 1 saturated carbocycles. The molecule has 0 saturated heterocycles. The highest BCUT2D eigenvalue weighted by Crippen LogP contribution is 2.31. The molecule has 0 spiro atoms. The van der Waals surface area contributed by atoms with Crippen LogP contribution >= 0.6 is 0 Å². The van der Waals surface area contributed by atoms with Crippen LogP contribution in [0, 0.1) is 5.92 Å². The number of rotatable bonds is 6. The van der Waals surface area contributed by atoms with E-state index < -0.39 is 0 Å². The van der Waals surface area contributed by atoms with E-state index in [9.17, 15) is 0 Å². The van der Waals surface area contributed by atoms with Gasteiger partial charge in [0.25, 0.3) is 0 Å². The highest BCUT2D eigenvalue weighted by atomic mass is 15.0. The Balaban J connectivity index is 2.41. The van der Waals surface area contributed by atoms with Crippen molar-refractivity contribution in [2.24, 2.45) is 5.92 Å². The van der Waals surface area contributed by atoms with E-state index in [-0.39, 0.29) is 5.54 Å². The predicted molar refractivity (Wildman–Crippen MR) is 81.0 cm³/mol. The van der Waals surface area contributed by atoms with Crippen LogP contribution in [0.1, 0.15) is 73.6 Å². The van der Waals surface area contributed by atoms with E-state index in [1.807, 2.05) is 0 Å². The van der Waals surface area contributed by atoms with Crippen molar-refractivity contribution >= 4 is 0 Å². The third-order valence-corrected chi connectivity index (χ3v) is 3.83. The Morgan fingerprint density at radius 2 is 1.72 bits per heavy atom. The molecule has 2 N–H and O–H groups in total. The molecule has 2 heteroatoms. The van der Waals surface area contributed by atoms with Gasteiger partial charge in [0.15, 0.2) is 0 Å². The Morgan fingerprint density at radius 1 is 1.06 bits per heavy atom. The maximum absolute atomic E-state index is 3.72. The Hall–Kier alpha value is -0.0800. The Bertz CT molecular complexity index is 233. The summed E-state index contributed by atoms with van der Waals surface area (Å²) in [5.41, 5.74) is 0.276. The SMILES string of the molecule is CC(C)NC1CCCC(CC(C)(C)NC(C)C)C1. The fourth-order valence-electron chi connectivity index (χ4n) is 3.66.